The van der Waals surface area contributed by atoms with Gasteiger partial charge in [0.05, 0.1) is 23.8 Å². The first-order chi connectivity index (χ1) is 11.9. The van der Waals surface area contributed by atoms with Crippen LogP contribution >= 0.6 is 0 Å². The molecule has 1 aliphatic heterocycles. The number of pyridine rings is 2. The lowest BCUT2D eigenvalue weighted by atomic mass is 9.99. The molecule has 1 atom stereocenters. The average Bonchev–Trinajstić information content (AvgIpc) is 3.12. The summed E-state index contributed by atoms with van der Waals surface area (Å²) in [5, 5.41) is 8.36. The van der Waals surface area contributed by atoms with Gasteiger partial charge in [0.15, 0.2) is 0 Å². The van der Waals surface area contributed by atoms with Crippen molar-refractivity contribution in [2.24, 2.45) is 0 Å². The molecule has 6 heteroatoms. The number of hydrogen-bond donors (Lipinski definition) is 0. The van der Waals surface area contributed by atoms with Gasteiger partial charge in [0.2, 0.25) is 11.8 Å². The fourth-order valence-corrected chi connectivity index (χ4v) is 3.19. The minimum Gasteiger partial charge on any atom is -0.419 e. The number of nitrogens with zero attached hydrogens (tertiary/aromatic N) is 5. The highest BCUT2D eigenvalue weighted by atomic mass is 16.4. The summed E-state index contributed by atoms with van der Waals surface area (Å²) < 4.78 is 5.83. The lowest BCUT2D eigenvalue weighted by Crippen LogP contribution is -2.33. The summed E-state index contributed by atoms with van der Waals surface area (Å²) in [6, 6.07) is 10.2. The number of hydrogen-bond acceptors (Lipinski definition) is 6. The van der Waals surface area contributed by atoms with E-state index in [1.807, 2.05) is 30.5 Å². The maximum absolute atomic E-state index is 5.83. The van der Waals surface area contributed by atoms with Crippen LogP contribution in [0.15, 0.2) is 53.3 Å². The fourth-order valence-electron chi connectivity index (χ4n) is 3.19. The van der Waals surface area contributed by atoms with Crippen molar-refractivity contribution in [3.63, 3.8) is 0 Å². The summed E-state index contributed by atoms with van der Waals surface area (Å²) in [5.41, 5.74) is 1.96. The molecule has 1 fully saturated rings. The minimum absolute atomic E-state index is 0.314. The lowest BCUT2D eigenvalue weighted by Gasteiger charge is -2.34. The van der Waals surface area contributed by atoms with Gasteiger partial charge in [-0.25, -0.2) is 0 Å². The lowest BCUT2D eigenvalue weighted by molar-refractivity contribution is 0.125. The fraction of sp³-hybridized carbons (Fsp3) is 0.333. The minimum atomic E-state index is 0.314. The zero-order chi connectivity index (χ0) is 16.2. The Morgan fingerprint density at radius 1 is 1.08 bits per heavy atom. The van der Waals surface area contributed by atoms with E-state index in [0.29, 0.717) is 24.4 Å². The van der Waals surface area contributed by atoms with E-state index >= 15 is 0 Å². The van der Waals surface area contributed by atoms with Crippen molar-refractivity contribution < 1.29 is 4.42 Å². The summed E-state index contributed by atoms with van der Waals surface area (Å²) in [7, 11) is 0. The molecule has 0 unspecified atom stereocenters. The van der Waals surface area contributed by atoms with Gasteiger partial charge in [-0.15, -0.1) is 10.2 Å². The van der Waals surface area contributed by atoms with Crippen LogP contribution in [0.5, 0.6) is 0 Å². The third-order valence-corrected chi connectivity index (χ3v) is 4.36. The second kappa shape index (κ2) is 6.88. The third-order valence-electron chi connectivity index (χ3n) is 4.36. The first-order valence-corrected chi connectivity index (χ1v) is 8.28. The van der Waals surface area contributed by atoms with E-state index < -0.39 is 0 Å². The molecule has 0 saturated carbocycles. The van der Waals surface area contributed by atoms with Crippen LogP contribution < -0.4 is 0 Å². The van der Waals surface area contributed by atoms with Gasteiger partial charge in [-0.05, 0) is 43.7 Å². The van der Waals surface area contributed by atoms with E-state index in [4.69, 9.17) is 4.42 Å². The highest BCUT2D eigenvalue weighted by molar-refractivity contribution is 5.49. The number of likely N-dealkylation sites (tertiary alicyclic amines) is 1. The van der Waals surface area contributed by atoms with Crippen molar-refractivity contribution in [2.75, 3.05) is 6.54 Å². The zero-order valence-electron chi connectivity index (χ0n) is 13.4. The molecule has 0 bridgehead atoms. The Bertz CT molecular complexity index is 774. The Morgan fingerprint density at radius 2 is 2.08 bits per heavy atom. The van der Waals surface area contributed by atoms with Gasteiger partial charge in [-0.1, -0.05) is 12.5 Å². The summed E-state index contributed by atoms with van der Waals surface area (Å²) in [5.74, 6) is 1.15. The topological polar surface area (TPSA) is 67.9 Å². The molecule has 4 heterocycles. The van der Waals surface area contributed by atoms with Crippen molar-refractivity contribution in [1.82, 2.24) is 25.1 Å². The second-order valence-corrected chi connectivity index (χ2v) is 5.98. The van der Waals surface area contributed by atoms with E-state index in [1.165, 1.54) is 12.8 Å². The molecular formula is C18H19N5O. The van der Waals surface area contributed by atoms with Crippen molar-refractivity contribution in [3.8, 4) is 11.5 Å². The molecule has 0 aromatic carbocycles. The standard InChI is InChI=1S/C18H19N5O/c1-3-10-20-15(7-1)16-8-2-4-11-23(16)13-17-21-22-18(24-17)14-6-5-9-19-12-14/h1,3,5-7,9-10,12,16H,2,4,8,11,13H2/t16-/m0/s1. The van der Waals surface area contributed by atoms with Gasteiger partial charge in [0.1, 0.15) is 0 Å². The summed E-state index contributed by atoms with van der Waals surface area (Å²) >= 11 is 0. The Labute approximate surface area is 140 Å². The monoisotopic (exact) mass is 321 g/mol. The molecule has 0 radical (unpaired) electrons. The van der Waals surface area contributed by atoms with Crippen LogP contribution in [-0.2, 0) is 6.54 Å². The van der Waals surface area contributed by atoms with E-state index in [0.717, 1.165) is 24.2 Å². The van der Waals surface area contributed by atoms with E-state index in [1.54, 1.807) is 12.4 Å². The highest BCUT2D eigenvalue weighted by Crippen LogP contribution is 2.31. The van der Waals surface area contributed by atoms with Crippen LogP contribution in [0.25, 0.3) is 11.5 Å². The molecule has 0 amide bonds. The first-order valence-electron chi connectivity index (χ1n) is 8.28. The largest absolute Gasteiger partial charge is 0.419 e. The smallest absolute Gasteiger partial charge is 0.249 e. The predicted octanol–water partition coefficient (Wildman–Crippen LogP) is 3.25. The summed E-state index contributed by atoms with van der Waals surface area (Å²) in [4.78, 5) is 11.0. The van der Waals surface area contributed by atoms with Crippen LogP contribution in [0, 0.1) is 0 Å². The Kier molecular flexibility index (Phi) is 4.29. The molecule has 4 rings (SSSR count). The zero-order valence-corrected chi connectivity index (χ0v) is 13.4. The molecule has 1 aliphatic rings. The number of aromatic nitrogens is 4. The Balaban J connectivity index is 1.52. The number of rotatable bonds is 4. The number of piperidine rings is 1. The van der Waals surface area contributed by atoms with Crippen molar-refractivity contribution in [3.05, 3.63) is 60.5 Å². The van der Waals surface area contributed by atoms with Crippen LogP contribution in [0.1, 0.15) is 36.9 Å². The van der Waals surface area contributed by atoms with Gasteiger partial charge in [0.25, 0.3) is 0 Å². The average molecular weight is 321 g/mol. The Hall–Kier alpha value is -2.60. The van der Waals surface area contributed by atoms with Gasteiger partial charge in [-0.2, -0.15) is 0 Å². The SMILES string of the molecule is c1ccc([C@@H]2CCCCN2Cc2nnc(-c3cccnc3)o2)nc1. The highest BCUT2D eigenvalue weighted by Gasteiger charge is 2.26. The molecule has 24 heavy (non-hydrogen) atoms. The molecule has 0 spiro atoms. The molecule has 1 saturated heterocycles. The van der Waals surface area contributed by atoms with Crippen molar-refractivity contribution in [2.45, 2.75) is 31.8 Å². The molecule has 122 valence electrons. The normalized spacial score (nSPS) is 18.6. The van der Waals surface area contributed by atoms with E-state index in [2.05, 4.69) is 31.1 Å². The Morgan fingerprint density at radius 3 is 2.92 bits per heavy atom. The quantitative estimate of drug-likeness (QED) is 0.735. The van der Waals surface area contributed by atoms with Gasteiger partial charge in [-0.3, -0.25) is 14.9 Å². The molecule has 3 aromatic rings. The molecule has 0 aliphatic carbocycles. The van der Waals surface area contributed by atoms with Crippen LogP contribution in [0.2, 0.25) is 0 Å². The van der Waals surface area contributed by atoms with Gasteiger partial charge >= 0.3 is 0 Å². The maximum Gasteiger partial charge on any atom is 0.249 e. The van der Waals surface area contributed by atoms with E-state index in [-0.39, 0.29) is 0 Å². The molecule has 3 aromatic heterocycles. The third kappa shape index (κ3) is 3.19. The molecule has 0 N–H and O–H groups in total. The van der Waals surface area contributed by atoms with Crippen LogP contribution in [0.3, 0.4) is 0 Å². The van der Waals surface area contributed by atoms with Gasteiger partial charge in [0, 0.05) is 18.6 Å². The summed E-state index contributed by atoms with van der Waals surface area (Å²) in [6.07, 6.45) is 8.84. The van der Waals surface area contributed by atoms with Crippen LogP contribution in [-0.4, -0.2) is 31.6 Å². The summed E-state index contributed by atoms with van der Waals surface area (Å²) in [6.45, 7) is 1.67. The predicted molar refractivity (Wildman–Crippen MR) is 88.8 cm³/mol. The van der Waals surface area contributed by atoms with Crippen molar-refractivity contribution in [1.29, 1.82) is 0 Å². The van der Waals surface area contributed by atoms with E-state index in [9.17, 15) is 0 Å². The maximum atomic E-state index is 5.83. The van der Waals surface area contributed by atoms with Crippen LogP contribution in [0.4, 0.5) is 0 Å². The second-order valence-electron chi connectivity index (χ2n) is 5.98. The first kappa shape index (κ1) is 15.0. The molecular weight excluding hydrogens is 302 g/mol. The van der Waals surface area contributed by atoms with Crippen molar-refractivity contribution >= 4 is 0 Å². The van der Waals surface area contributed by atoms with Gasteiger partial charge < -0.3 is 4.42 Å². The molecule has 6 nitrogen and oxygen atoms in total.